The molecule has 0 radical (unpaired) electrons. The number of aromatic nitrogens is 2. The zero-order valence-electron chi connectivity index (χ0n) is 12.1. The van der Waals surface area contributed by atoms with Gasteiger partial charge in [-0.1, -0.05) is 27.2 Å². The second-order valence-electron chi connectivity index (χ2n) is 5.70. The summed E-state index contributed by atoms with van der Waals surface area (Å²) in [6.07, 6.45) is 5.88. The first-order chi connectivity index (χ1) is 8.61. The van der Waals surface area contributed by atoms with Crippen LogP contribution in [0.3, 0.4) is 0 Å². The van der Waals surface area contributed by atoms with Crippen LogP contribution in [0.1, 0.15) is 57.2 Å². The molecule has 2 heterocycles. The number of anilines is 1. The van der Waals surface area contributed by atoms with E-state index in [9.17, 15) is 0 Å². The van der Waals surface area contributed by atoms with Crippen LogP contribution in [0.5, 0.6) is 0 Å². The summed E-state index contributed by atoms with van der Waals surface area (Å²) in [4.78, 5) is 11.6. The van der Waals surface area contributed by atoms with E-state index in [1.54, 1.807) is 0 Å². The van der Waals surface area contributed by atoms with Gasteiger partial charge in [0.15, 0.2) is 0 Å². The third-order valence-corrected chi connectivity index (χ3v) is 4.10. The van der Waals surface area contributed by atoms with Gasteiger partial charge in [-0.2, -0.15) is 0 Å². The number of hydrogen-bond donors (Lipinski definition) is 0. The third-order valence-electron chi connectivity index (χ3n) is 4.10. The van der Waals surface area contributed by atoms with E-state index >= 15 is 0 Å². The normalized spacial score (nSPS) is 17.5. The summed E-state index contributed by atoms with van der Waals surface area (Å²) >= 11 is 0. The SMILES string of the molecule is CCC1CCN(c2ncc(C(C)C)c(C)n2)CC1. The first-order valence-electron chi connectivity index (χ1n) is 7.20. The lowest BCUT2D eigenvalue weighted by molar-refractivity contribution is 0.392. The lowest BCUT2D eigenvalue weighted by atomic mass is 9.95. The van der Waals surface area contributed by atoms with Crippen LogP contribution in [-0.2, 0) is 0 Å². The third kappa shape index (κ3) is 2.82. The summed E-state index contributed by atoms with van der Waals surface area (Å²) in [5, 5.41) is 0. The average molecular weight is 247 g/mol. The number of hydrogen-bond acceptors (Lipinski definition) is 3. The molecular weight excluding hydrogens is 222 g/mol. The van der Waals surface area contributed by atoms with Gasteiger partial charge in [0.05, 0.1) is 0 Å². The van der Waals surface area contributed by atoms with Crippen LogP contribution in [0.25, 0.3) is 0 Å². The molecule has 0 aromatic carbocycles. The van der Waals surface area contributed by atoms with Crippen LogP contribution in [0.4, 0.5) is 5.95 Å². The van der Waals surface area contributed by atoms with E-state index in [1.807, 2.05) is 6.20 Å². The molecule has 100 valence electrons. The van der Waals surface area contributed by atoms with E-state index in [0.29, 0.717) is 5.92 Å². The van der Waals surface area contributed by atoms with Crippen LogP contribution >= 0.6 is 0 Å². The molecule has 0 amide bonds. The van der Waals surface area contributed by atoms with Crippen molar-refractivity contribution in [3.05, 3.63) is 17.5 Å². The van der Waals surface area contributed by atoms with Gasteiger partial charge in [-0.15, -0.1) is 0 Å². The molecule has 1 aliphatic heterocycles. The van der Waals surface area contributed by atoms with E-state index < -0.39 is 0 Å². The van der Waals surface area contributed by atoms with Gasteiger partial charge in [0.2, 0.25) is 5.95 Å². The van der Waals surface area contributed by atoms with Crippen molar-refractivity contribution in [3.8, 4) is 0 Å². The Bertz CT molecular complexity index is 393. The summed E-state index contributed by atoms with van der Waals surface area (Å²) in [5.41, 5.74) is 2.40. The van der Waals surface area contributed by atoms with Crippen molar-refractivity contribution in [2.45, 2.75) is 52.9 Å². The van der Waals surface area contributed by atoms with E-state index in [4.69, 9.17) is 0 Å². The summed E-state index contributed by atoms with van der Waals surface area (Å²) in [6.45, 7) is 11.0. The Hall–Kier alpha value is -1.12. The minimum atomic E-state index is 0.505. The standard InChI is InChI=1S/C15H25N3/c1-5-13-6-8-18(9-7-13)15-16-10-14(11(2)3)12(4)17-15/h10-11,13H,5-9H2,1-4H3. The summed E-state index contributed by atoms with van der Waals surface area (Å²) in [5.74, 6) is 2.33. The van der Waals surface area contributed by atoms with Crippen LogP contribution in [0.2, 0.25) is 0 Å². The van der Waals surface area contributed by atoms with Gasteiger partial charge in [-0.25, -0.2) is 9.97 Å². The molecule has 1 aromatic rings. The van der Waals surface area contributed by atoms with Crippen molar-refractivity contribution in [3.63, 3.8) is 0 Å². The molecule has 0 unspecified atom stereocenters. The first kappa shape index (κ1) is 13.3. The van der Waals surface area contributed by atoms with Gasteiger partial charge < -0.3 is 4.90 Å². The van der Waals surface area contributed by atoms with Crippen LogP contribution in [0.15, 0.2) is 6.20 Å². The average Bonchev–Trinajstić information content (AvgIpc) is 2.38. The number of piperidine rings is 1. The number of aryl methyl sites for hydroxylation is 1. The Labute approximate surface area is 111 Å². The Morgan fingerprint density at radius 3 is 2.50 bits per heavy atom. The second-order valence-corrected chi connectivity index (χ2v) is 5.70. The maximum atomic E-state index is 4.68. The van der Waals surface area contributed by atoms with Crippen LogP contribution < -0.4 is 4.90 Å². The van der Waals surface area contributed by atoms with Gasteiger partial charge in [0.25, 0.3) is 0 Å². The van der Waals surface area contributed by atoms with E-state index in [-0.39, 0.29) is 0 Å². The molecule has 0 aliphatic carbocycles. The Morgan fingerprint density at radius 2 is 2.00 bits per heavy atom. The van der Waals surface area contributed by atoms with Crippen molar-refractivity contribution < 1.29 is 0 Å². The van der Waals surface area contributed by atoms with Gasteiger partial charge in [-0.3, -0.25) is 0 Å². The molecule has 3 heteroatoms. The second kappa shape index (κ2) is 5.68. The predicted octanol–water partition coefficient (Wildman–Crippen LogP) is 3.53. The molecule has 1 fully saturated rings. The van der Waals surface area contributed by atoms with Gasteiger partial charge in [0, 0.05) is 25.0 Å². The summed E-state index contributed by atoms with van der Waals surface area (Å²) < 4.78 is 0. The van der Waals surface area contributed by atoms with Gasteiger partial charge in [0.1, 0.15) is 0 Å². The maximum Gasteiger partial charge on any atom is 0.225 e. The highest BCUT2D eigenvalue weighted by Gasteiger charge is 2.20. The fourth-order valence-electron chi connectivity index (χ4n) is 2.72. The Balaban J connectivity index is 2.08. The van der Waals surface area contributed by atoms with E-state index in [1.165, 1.54) is 24.8 Å². The highest BCUT2D eigenvalue weighted by atomic mass is 15.2. The monoisotopic (exact) mass is 247 g/mol. The highest BCUT2D eigenvalue weighted by molar-refractivity contribution is 5.34. The topological polar surface area (TPSA) is 29.0 Å². The summed E-state index contributed by atoms with van der Waals surface area (Å²) in [7, 11) is 0. The maximum absolute atomic E-state index is 4.68. The van der Waals surface area contributed by atoms with E-state index in [2.05, 4.69) is 42.6 Å². The zero-order chi connectivity index (χ0) is 13.1. The molecule has 18 heavy (non-hydrogen) atoms. The minimum absolute atomic E-state index is 0.505. The molecule has 0 N–H and O–H groups in total. The first-order valence-corrected chi connectivity index (χ1v) is 7.20. The fourth-order valence-corrected chi connectivity index (χ4v) is 2.72. The zero-order valence-corrected chi connectivity index (χ0v) is 12.1. The largest absolute Gasteiger partial charge is 0.341 e. The lowest BCUT2D eigenvalue weighted by Gasteiger charge is -2.31. The van der Waals surface area contributed by atoms with Crippen molar-refractivity contribution in [1.82, 2.24) is 9.97 Å². The molecule has 3 nitrogen and oxygen atoms in total. The molecule has 1 saturated heterocycles. The van der Waals surface area contributed by atoms with Crippen LogP contribution in [0, 0.1) is 12.8 Å². The van der Waals surface area contributed by atoms with Crippen molar-refractivity contribution in [1.29, 1.82) is 0 Å². The summed E-state index contributed by atoms with van der Waals surface area (Å²) in [6, 6.07) is 0. The molecule has 0 spiro atoms. The van der Waals surface area contributed by atoms with Crippen molar-refractivity contribution in [2.24, 2.45) is 5.92 Å². The molecule has 0 atom stereocenters. The lowest BCUT2D eigenvalue weighted by Crippen LogP contribution is -2.34. The molecule has 1 aromatic heterocycles. The Kier molecular flexibility index (Phi) is 4.20. The van der Waals surface area contributed by atoms with Crippen molar-refractivity contribution in [2.75, 3.05) is 18.0 Å². The Morgan fingerprint density at radius 1 is 1.33 bits per heavy atom. The van der Waals surface area contributed by atoms with Gasteiger partial charge >= 0.3 is 0 Å². The number of nitrogens with zero attached hydrogens (tertiary/aromatic N) is 3. The minimum Gasteiger partial charge on any atom is -0.341 e. The molecule has 0 bridgehead atoms. The van der Waals surface area contributed by atoms with Crippen molar-refractivity contribution >= 4 is 5.95 Å². The fraction of sp³-hybridized carbons (Fsp3) is 0.733. The quantitative estimate of drug-likeness (QED) is 0.818. The number of rotatable bonds is 3. The molecule has 2 rings (SSSR count). The smallest absolute Gasteiger partial charge is 0.225 e. The molecule has 0 saturated carbocycles. The van der Waals surface area contributed by atoms with Crippen LogP contribution in [-0.4, -0.2) is 23.1 Å². The molecular formula is C15H25N3. The van der Waals surface area contributed by atoms with E-state index in [0.717, 1.165) is 30.6 Å². The highest BCUT2D eigenvalue weighted by Crippen LogP contribution is 2.24. The van der Waals surface area contributed by atoms with Gasteiger partial charge in [-0.05, 0) is 37.2 Å². The predicted molar refractivity (Wildman–Crippen MR) is 76.1 cm³/mol. The molecule has 1 aliphatic rings.